The predicted octanol–water partition coefficient (Wildman–Crippen LogP) is 0.760. The van der Waals surface area contributed by atoms with Gasteiger partial charge in [0.15, 0.2) is 12.2 Å². The molecule has 6 nitrogen and oxygen atoms in total. The van der Waals surface area contributed by atoms with Gasteiger partial charge in [0, 0.05) is 12.2 Å². The molecule has 0 unspecified atom stereocenters. The number of carbonyl (C=O) groups excluding carboxylic acids is 2. The highest BCUT2D eigenvalue weighted by atomic mass is 16.7. The standard InChI is InChI=1S/C14H18O6/c1-4-6-12(16)20-10-8-17-13-9(19-11(15)5-2)7-18-14(10,13)3/h4-6,9-10,13H,2,7-8H2,1,3H3/b6-4-/t9-,10-,13+,14+/m0/s1. The van der Waals surface area contributed by atoms with Crippen molar-refractivity contribution in [1.29, 1.82) is 0 Å². The summed E-state index contributed by atoms with van der Waals surface area (Å²) in [4.78, 5) is 22.8. The topological polar surface area (TPSA) is 71.1 Å². The Morgan fingerprint density at radius 3 is 2.70 bits per heavy atom. The molecule has 0 aliphatic carbocycles. The van der Waals surface area contributed by atoms with E-state index in [1.165, 1.54) is 6.08 Å². The molecule has 0 N–H and O–H groups in total. The Morgan fingerprint density at radius 1 is 1.30 bits per heavy atom. The molecular formula is C14H18O6. The normalized spacial score (nSPS) is 35.8. The second kappa shape index (κ2) is 5.76. The third-order valence-electron chi connectivity index (χ3n) is 3.52. The summed E-state index contributed by atoms with van der Waals surface area (Å²) >= 11 is 0. The smallest absolute Gasteiger partial charge is 0.330 e. The number of carbonyl (C=O) groups is 2. The number of hydrogen-bond acceptors (Lipinski definition) is 6. The number of fused-ring (bicyclic) bond motifs is 1. The molecule has 0 bridgehead atoms. The lowest BCUT2D eigenvalue weighted by Gasteiger charge is -2.27. The van der Waals surface area contributed by atoms with Crippen LogP contribution in [0, 0.1) is 0 Å². The first-order valence-corrected chi connectivity index (χ1v) is 6.43. The van der Waals surface area contributed by atoms with E-state index < -0.39 is 35.9 Å². The molecule has 0 spiro atoms. The average Bonchev–Trinajstić information content (AvgIpc) is 2.88. The van der Waals surface area contributed by atoms with Crippen molar-refractivity contribution in [1.82, 2.24) is 0 Å². The third kappa shape index (κ3) is 2.62. The van der Waals surface area contributed by atoms with Crippen molar-refractivity contribution >= 4 is 11.9 Å². The fourth-order valence-electron chi connectivity index (χ4n) is 2.47. The van der Waals surface area contributed by atoms with E-state index in [2.05, 4.69) is 6.58 Å². The molecule has 0 amide bonds. The number of rotatable bonds is 4. The van der Waals surface area contributed by atoms with Crippen molar-refractivity contribution < 1.29 is 28.5 Å². The van der Waals surface area contributed by atoms with Gasteiger partial charge in [-0.2, -0.15) is 0 Å². The van der Waals surface area contributed by atoms with E-state index in [4.69, 9.17) is 18.9 Å². The molecule has 2 saturated heterocycles. The second-order valence-electron chi connectivity index (χ2n) is 4.85. The minimum absolute atomic E-state index is 0.207. The predicted molar refractivity (Wildman–Crippen MR) is 68.9 cm³/mol. The zero-order valence-electron chi connectivity index (χ0n) is 11.5. The van der Waals surface area contributed by atoms with Gasteiger partial charge < -0.3 is 18.9 Å². The first-order valence-electron chi connectivity index (χ1n) is 6.43. The van der Waals surface area contributed by atoms with Crippen molar-refractivity contribution in [3.63, 3.8) is 0 Å². The molecule has 0 aromatic carbocycles. The lowest BCUT2D eigenvalue weighted by molar-refractivity contribution is -0.154. The summed E-state index contributed by atoms with van der Waals surface area (Å²) in [5, 5.41) is 0. The quantitative estimate of drug-likeness (QED) is 0.560. The van der Waals surface area contributed by atoms with E-state index in [1.807, 2.05) is 0 Å². The summed E-state index contributed by atoms with van der Waals surface area (Å²) in [6.45, 7) is 7.29. The minimum Gasteiger partial charge on any atom is -0.454 e. The van der Waals surface area contributed by atoms with Crippen molar-refractivity contribution in [2.75, 3.05) is 13.2 Å². The van der Waals surface area contributed by atoms with E-state index in [0.717, 1.165) is 6.08 Å². The summed E-state index contributed by atoms with van der Waals surface area (Å²) in [7, 11) is 0. The summed E-state index contributed by atoms with van der Waals surface area (Å²) in [5.41, 5.74) is -0.802. The highest BCUT2D eigenvalue weighted by Gasteiger charge is 2.60. The Labute approximate surface area is 117 Å². The highest BCUT2D eigenvalue weighted by molar-refractivity contribution is 5.82. The van der Waals surface area contributed by atoms with Crippen LogP contribution in [0.3, 0.4) is 0 Å². The van der Waals surface area contributed by atoms with Crippen LogP contribution in [0.2, 0.25) is 0 Å². The van der Waals surface area contributed by atoms with Crippen molar-refractivity contribution in [3.8, 4) is 0 Å². The summed E-state index contributed by atoms with van der Waals surface area (Å²) in [6.07, 6.45) is 2.53. The molecular weight excluding hydrogens is 264 g/mol. The molecule has 0 radical (unpaired) electrons. The van der Waals surface area contributed by atoms with E-state index in [0.29, 0.717) is 0 Å². The molecule has 2 aliphatic rings. The van der Waals surface area contributed by atoms with E-state index in [9.17, 15) is 9.59 Å². The molecule has 2 heterocycles. The molecule has 0 saturated carbocycles. The van der Waals surface area contributed by atoms with E-state index >= 15 is 0 Å². The zero-order valence-corrected chi connectivity index (χ0v) is 11.5. The molecule has 20 heavy (non-hydrogen) atoms. The van der Waals surface area contributed by atoms with Crippen LogP contribution in [0.1, 0.15) is 13.8 Å². The Kier molecular flexibility index (Phi) is 4.25. The van der Waals surface area contributed by atoms with Gasteiger partial charge in [0.05, 0.1) is 13.2 Å². The Balaban J connectivity index is 2.03. The molecule has 0 aromatic heterocycles. The van der Waals surface area contributed by atoms with Gasteiger partial charge in [0.25, 0.3) is 0 Å². The zero-order chi connectivity index (χ0) is 14.8. The van der Waals surface area contributed by atoms with Crippen LogP contribution in [-0.4, -0.2) is 49.1 Å². The van der Waals surface area contributed by atoms with Crippen LogP contribution in [0.15, 0.2) is 24.8 Å². The fraction of sp³-hybridized carbons (Fsp3) is 0.571. The van der Waals surface area contributed by atoms with Crippen molar-refractivity contribution in [2.45, 2.75) is 37.8 Å². The van der Waals surface area contributed by atoms with Gasteiger partial charge in [-0.25, -0.2) is 9.59 Å². The largest absolute Gasteiger partial charge is 0.454 e. The van der Waals surface area contributed by atoms with Crippen LogP contribution in [-0.2, 0) is 28.5 Å². The number of allylic oxidation sites excluding steroid dienone is 1. The van der Waals surface area contributed by atoms with Crippen molar-refractivity contribution in [2.24, 2.45) is 0 Å². The number of hydrogen-bond donors (Lipinski definition) is 0. The fourth-order valence-corrected chi connectivity index (χ4v) is 2.47. The monoisotopic (exact) mass is 282 g/mol. The minimum atomic E-state index is -0.802. The maximum Gasteiger partial charge on any atom is 0.330 e. The van der Waals surface area contributed by atoms with E-state index in [1.54, 1.807) is 19.9 Å². The lowest BCUT2D eigenvalue weighted by atomic mass is 9.94. The lowest BCUT2D eigenvalue weighted by Crippen LogP contribution is -2.46. The van der Waals surface area contributed by atoms with Gasteiger partial charge in [-0.05, 0) is 13.8 Å². The van der Waals surface area contributed by atoms with Gasteiger partial charge in [0.1, 0.15) is 11.7 Å². The maximum absolute atomic E-state index is 11.5. The molecule has 0 aromatic rings. The molecule has 4 atom stereocenters. The summed E-state index contributed by atoms with van der Waals surface area (Å²) in [6, 6.07) is 0. The summed E-state index contributed by atoms with van der Waals surface area (Å²) < 4.78 is 21.8. The molecule has 110 valence electrons. The first kappa shape index (κ1) is 14.7. The average molecular weight is 282 g/mol. The highest BCUT2D eigenvalue weighted by Crippen LogP contribution is 2.40. The van der Waals surface area contributed by atoms with Gasteiger partial charge in [-0.1, -0.05) is 12.7 Å². The number of esters is 2. The van der Waals surface area contributed by atoms with Gasteiger partial charge in [-0.15, -0.1) is 0 Å². The number of ether oxygens (including phenoxy) is 4. The Bertz CT molecular complexity index is 443. The van der Waals surface area contributed by atoms with Crippen molar-refractivity contribution in [3.05, 3.63) is 24.8 Å². The Morgan fingerprint density at radius 2 is 2.05 bits per heavy atom. The van der Waals surface area contributed by atoms with Crippen LogP contribution in [0.4, 0.5) is 0 Å². The maximum atomic E-state index is 11.5. The van der Waals surface area contributed by atoms with Crippen LogP contribution >= 0.6 is 0 Å². The molecule has 2 aliphatic heterocycles. The van der Waals surface area contributed by atoms with Gasteiger partial charge in [0.2, 0.25) is 0 Å². The van der Waals surface area contributed by atoms with Crippen LogP contribution in [0.25, 0.3) is 0 Å². The second-order valence-corrected chi connectivity index (χ2v) is 4.85. The molecule has 2 fully saturated rings. The van der Waals surface area contributed by atoms with Gasteiger partial charge >= 0.3 is 11.9 Å². The van der Waals surface area contributed by atoms with Crippen LogP contribution in [0.5, 0.6) is 0 Å². The first-order chi connectivity index (χ1) is 9.51. The SMILES string of the molecule is C=CC(=O)O[C@H]1CO[C@]2(C)[C@@H](OC(=O)/C=C\C)CO[C@H]12. The van der Waals surface area contributed by atoms with Crippen LogP contribution < -0.4 is 0 Å². The Hall–Kier alpha value is -1.66. The third-order valence-corrected chi connectivity index (χ3v) is 3.52. The summed E-state index contributed by atoms with van der Waals surface area (Å²) in [5.74, 6) is -0.973. The van der Waals surface area contributed by atoms with E-state index in [-0.39, 0.29) is 13.2 Å². The van der Waals surface area contributed by atoms with Gasteiger partial charge in [-0.3, -0.25) is 0 Å². The molecule has 6 heteroatoms. The molecule has 2 rings (SSSR count).